The van der Waals surface area contributed by atoms with Crippen molar-refractivity contribution in [3.05, 3.63) is 57.9 Å². The summed E-state index contributed by atoms with van der Waals surface area (Å²) in [4.78, 5) is 39.3. The van der Waals surface area contributed by atoms with Crippen LogP contribution in [0.1, 0.15) is 37.9 Å². The third-order valence-electron chi connectivity index (χ3n) is 7.84. The van der Waals surface area contributed by atoms with Crippen molar-refractivity contribution in [2.45, 2.75) is 63.6 Å². The number of aromatic nitrogens is 3. The average molecular weight is 535 g/mol. The lowest BCUT2D eigenvalue weighted by Crippen LogP contribution is -2.50. The van der Waals surface area contributed by atoms with E-state index >= 15 is 0 Å². The molecule has 0 aliphatic carbocycles. The molecular weight excluding hydrogens is 503 g/mol. The number of ether oxygens (including phenoxy) is 2. The van der Waals surface area contributed by atoms with Crippen LogP contribution in [0.15, 0.2) is 35.3 Å². The summed E-state index contributed by atoms with van der Waals surface area (Å²) in [6.45, 7) is 9.61. The van der Waals surface area contributed by atoms with Gasteiger partial charge in [-0.05, 0) is 69.2 Å². The molecule has 0 spiro atoms. The first-order valence-electron chi connectivity index (χ1n) is 13.5. The minimum Gasteiger partial charge on any atom is -0.397 e. The van der Waals surface area contributed by atoms with E-state index in [1.807, 2.05) is 52.0 Å². The van der Waals surface area contributed by atoms with E-state index in [0.29, 0.717) is 49.4 Å². The Morgan fingerprint density at radius 1 is 1.23 bits per heavy atom. The third kappa shape index (κ3) is 5.31. The van der Waals surface area contributed by atoms with Gasteiger partial charge in [0.25, 0.3) is 5.56 Å². The van der Waals surface area contributed by atoms with Gasteiger partial charge >= 0.3 is 0 Å². The van der Waals surface area contributed by atoms with Gasteiger partial charge in [0.2, 0.25) is 5.91 Å². The fourth-order valence-electron chi connectivity index (χ4n) is 5.61. The lowest BCUT2D eigenvalue weighted by Gasteiger charge is -2.39. The first kappa shape index (κ1) is 28.4. The SMILES string of the molecule is [B]C([B])([B])OC(C)C1CN(c2ccc3c(=O)n(CCc4cnc5c(c4)N(C)C(=O)C5(C)C)c(C)nc3c2)CCO1. The maximum absolute atomic E-state index is 13.5. The van der Waals surface area contributed by atoms with Crippen LogP contribution in [0.2, 0.25) is 0 Å². The monoisotopic (exact) mass is 535 g/mol. The number of aryl methyl sites for hydroxylation is 2. The highest BCUT2D eigenvalue weighted by atomic mass is 16.5. The van der Waals surface area contributed by atoms with Crippen LogP contribution in [-0.2, 0) is 32.6 Å². The number of anilines is 2. The van der Waals surface area contributed by atoms with E-state index in [2.05, 4.69) is 9.88 Å². The highest BCUT2D eigenvalue weighted by Crippen LogP contribution is 2.39. The van der Waals surface area contributed by atoms with E-state index in [1.165, 1.54) is 0 Å². The molecule has 2 atom stereocenters. The van der Waals surface area contributed by atoms with Crippen molar-refractivity contribution in [3.63, 3.8) is 0 Å². The first-order chi connectivity index (χ1) is 18.8. The van der Waals surface area contributed by atoms with E-state index in [0.717, 1.165) is 22.6 Å². The van der Waals surface area contributed by atoms with E-state index < -0.39 is 16.8 Å². The van der Waals surface area contributed by atoms with Crippen LogP contribution in [0, 0.1) is 6.92 Å². The van der Waals surface area contributed by atoms with Crippen LogP contribution >= 0.6 is 0 Å². The molecule has 9 nitrogen and oxygen atoms in total. The molecule has 202 valence electrons. The third-order valence-corrected chi connectivity index (χ3v) is 7.84. The molecule has 1 aromatic carbocycles. The standard InChI is InChI=1S/C28H32B3N5O4/c1-16(40-28(29,30)31)23-15-35(10-11-39-23)19-6-7-20-21(13-19)33-17(2)36(25(20)37)9-8-18-12-22-24(32-14-18)27(3,4)26(38)34(22)5/h6-7,12-14,16,23H,8-11,15H2,1-5H3. The molecule has 6 radical (unpaired) electrons. The van der Waals surface area contributed by atoms with Gasteiger partial charge in [-0.15, -0.1) is 0 Å². The lowest BCUT2D eigenvalue weighted by molar-refractivity contribution is -0.121. The predicted molar refractivity (Wildman–Crippen MR) is 158 cm³/mol. The molecule has 1 fully saturated rings. The van der Waals surface area contributed by atoms with E-state index in [9.17, 15) is 9.59 Å². The van der Waals surface area contributed by atoms with Gasteiger partial charge in [0, 0.05) is 38.6 Å². The molecule has 1 saturated heterocycles. The van der Waals surface area contributed by atoms with Crippen LogP contribution in [0.3, 0.4) is 0 Å². The number of hydrogen-bond donors (Lipinski definition) is 0. The quantitative estimate of drug-likeness (QED) is 0.422. The van der Waals surface area contributed by atoms with Crippen molar-refractivity contribution in [3.8, 4) is 0 Å². The number of fused-ring (bicyclic) bond motifs is 2. The number of rotatable bonds is 7. The molecule has 5 rings (SSSR count). The number of likely N-dealkylation sites (N-methyl/N-ethyl adjacent to an activating group) is 1. The van der Waals surface area contributed by atoms with Gasteiger partial charge in [-0.3, -0.25) is 19.1 Å². The molecule has 2 aliphatic rings. The zero-order chi connectivity index (χ0) is 29.0. The van der Waals surface area contributed by atoms with Crippen molar-refractivity contribution in [1.29, 1.82) is 0 Å². The van der Waals surface area contributed by atoms with E-state index in [1.54, 1.807) is 22.7 Å². The number of nitrogens with zero attached hydrogens (tertiary/aromatic N) is 5. The topological polar surface area (TPSA) is 89.8 Å². The summed E-state index contributed by atoms with van der Waals surface area (Å²) in [5, 5.41) is -1.19. The van der Waals surface area contributed by atoms with Crippen molar-refractivity contribution in [2.24, 2.45) is 0 Å². The van der Waals surface area contributed by atoms with E-state index in [4.69, 9.17) is 38.0 Å². The van der Waals surface area contributed by atoms with Crippen molar-refractivity contribution in [1.82, 2.24) is 14.5 Å². The molecule has 0 saturated carbocycles. The largest absolute Gasteiger partial charge is 0.397 e. The molecule has 4 heterocycles. The lowest BCUT2D eigenvalue weighted by atomic mass is 9.52. The summed E-state index contributed by atoms with van der Waals surface area (Å²) in [6.07, 6.45) is 1.69. The maximum atomic E-state index is 13.5. The summed E-state index contributed by atoms with van der Waals surface area (Å²) in [7, 11) is 18.6. The Morgan fingerprint density at radius 2 is 1.98 bits per heavy atom. The fraction of sp³-hybridized carbons (Fsp3) is 0.500. The molecule has 2 unspecified atom stereocenters. The molecule has 1 amide bonds. The van der Waals surface area contributed by atoms with Crippen molar-refractivity contribution < 1.29 is 14.3 Å². The number of pyridine rings is 1. The molecule has 2 aliphatic heterocycles. The van der Waals surface area contributed by atoms with Crippen LogP contribution in [0.5, 0.6) is 0 Å². The first-order valence-corrected chi connectivity index (χ1v) is 13.5. The Labute approximate surface area is 238 Å². The van der Waals surface area contributed by atoms with Gasteiger partial charge in [-0.1, -0.05) is 0 Å². The number of carbonyl (C=O) groups is 1. The van der Waals surface area contributed by atoms with Crippen LogP contribution < -0.4 is 15.4 Å². The Kier molecular flexibility index (Phi) is 7.38. The van der Waals surface area contributed by atoms with Gasteiger partial charge in [-0.2, -0.15) is 0 Å². The minimum atomic E-state index is -1.74. The molecule has 2 aromatic heterocycles. The van der Waals surface area contributed by atoms with Crippen molar-refractivity contribution >= 4 is 51.7 Å². The zero-order valence-corrected chi connectivity index (χ0v) is 23.7. The summed E-state index contributed by atoms with van der Waals surface area (Å²) >= 11 is 0. The zero-order valence-electron chi connectivity index (χ0n) is 23.7. The van der Waals surface area contributed by atoms with Gasteiger partial charge in [0.05, 0.1) is 63.9 Å². The summed E-state index contributed by atoms with van der Waals surface area (Å²) in [5.41, 5.74) is 3.38. The Morgan fingerprint density at radius 3 is 2.70 bits per heavy atom. The van der Waals surface area contributed by atoms with Gasteiger partial charge in [-0.25, -0.2) is 4.98 Å². The predicted octanol–water partition coefficient (Wildman–Crippen LogP) is 1.32. The van der Waals surface area contributed by atoms with Gasteiger partial charge in [0.15, 0.2) is 0 Å². The number of hydrogen-bond acceptors (Lipinski definition) is 7. The average Bonchev–Trinajstić information content (AvgIpc) is 3.06. The molecule has 3 aromatic rings. The fourth-order valence-corrected chi connectivity index (χ4v) is 5.61. The summed E-state index contributed by atoms with van der Waals surface area (Å²) in [6, 6.07) is 7.67. The van der Waals surface area contributed by atoms with Crippen LogP contribution in [0.4, 0.5) is 11.4 Å². The smallest absolute Gasteiger partial charge is 0.261 e. The summed E-state index contributed by atoms with van der Waals surface area (Å²) < 4.78 is 13.0. The van der Waals surface area contributed by atoms with E-state index in [-0.39, 0.29) is 17.6 Å². The highest BCUT2D eigenvalue weighted by Gasteiger charge is 2.43. The van der Waals surface area contributed by atoms with Crippen LogP contribution in [0.25, 0.3) is 10.9 Å². The van der Waals surface area contributed by atoms with Crippen LogP contribution in [-0.4, -0.2) is 88.2 Å². The number of benzene rings is 1. The highest BCUT2D eigenvalue weighted by molar-refractivity contribution is 6.58. The number of morpholine rings is 1. The second-order valence-corrected chi connectivity index (χ2v) is 11.3. The Balaban J connectivity index is 1.34. The van der Waals surface area contributed by atoms with Gasteiger partial charge < -0.3 is 19.3 Å². The van der Waals surface area contributed by atoms with Gasteiger partial charge in [0.1, 0.15) is 11.9 Å². The normalized spacial score (nSPS) is 19.7. The second-order valence-electron chi connectivity index (χ2n) is 11.3. The molecule has 12 heteroatoms. The molecular formula is C28H32B3N5O4. The number of carbonyl (C=O) groups excluding carboxylic acids is 1. The minimum absolute atomic E-state index is 0.0245. The molecule has 0 N–H and O–H groups in total. The Hall–Kier alpha value is -3.11. The number of amides is 1. The van der Waals surface area contributed by atoms with Crippen molar-refractivity contribution in [2.75, 3.05) is 36.5 Å². The second kappa shape index (κ2) is 10.4. The maximum Gasteiger partial charge on any atom is 0.261 e. The molecule has 0 bridgehead atoms. The Bertz CT molecular complexity index is 1520. The molecule has 40 heavy (non-hydrogen) atoms. The summed E-state index contributed by atoms with van der Waals surface area (Å²) in [5.74, 6) is 0.653.